The van der Waals surface area contributed by atoms with E-state index in [0.29, 0.717) is 5.56 Å². The highest BCUT2D eigenvalue weighted by molar-refractivity contribution is 6.21. The number of nitrogens with zero attached hydrogens (tertiary/aromatic N) is 8. The van der Waals surface area contributed by atoms with E-state index in [-0.39, 0.29) is 0 Å². The van der Waals surface area contributed by atoms with E-state index in [9.17, 15) is 5.26 Å². The summed E-state index contributed by atoms with van der Waals surface area (Å²) in [5.74, 6) is 0. The van der Waals surface area contributed by atoms with Crippen molar-refractivity contribution in [3.63, 3.8) is 0 Å². The Morgan fingerprint density at radius 1 is 0.171 bits per heavy atom. The Morgan fingerprint density at radius 2 is 0.387 bits per heavy atom. The zero-order valence-corrected chi connectivity index (χ0v) is 59.9. The highest BCUT2D eigenvalue weighted by atomic mass is 15.2. The molecule has 111 heavy (non-hydrogen) atoms. The van der Waals surface area contributed by atoms with Gasteiger partial charge in [-0.1, -0.05) is 279 Å². The van der Waals surface area contributed by atoms with Crippen LogP contribution in [0.4, 0.5) is 0 Å². The number of para-hydroxylation sites is 12. The number of hydrogen-bond acceptors (Lipinski definition) is 1. The van der Waals surface area contributed by atoms with Crippen molar-refractivity contribution < 1.29 is 0 Å². The van der Waals surface area contributed by atoms with Crippen LogP contribution in [0.3, 0.4) is 0 Å². The minimum atomic E-state index is 0.491. The molecule has 0 amide bonds. The van der Waals surface area contributed by atoms with Crippen LogP contribution in [0.2, 0.25) is 0 Å². The molecule has 0 saturated carbocycles. The molecule has 0 N–H and O–H groups in total. The lowest BCUT2D eigenvalue weighted by atomic mass is 10.0. The van der Waals surface area contributed by atoms with Crippen LogP contribution in [0.5, 0.6) is 0 Å². The minimum Gasteiger partial charge on any atom is -0.309 e. The third-order valence-electron chi connectivity index (χ3n) is 23.7. The summed E-state index contributed by atoms with van der Waals surface area (Å²) in [6, 6.07) is 141. The maximum Gasteiger partial charge on any atom is 0.105 e. The Balaban J connectivity index is 0.935. The second kappa shape index (κ2) is 23.4. The molecule has 8 heteroatoms. The summed E-state index contributed by atoms with van der Waals surface area (Å²) in [6.45, 7) is 0. The maximum absolute atomic E-state index is 13.7. The summed E-state index contributed by atoms with van der Waals surface area (Å²) < 4.78 is 17.5. The van der Waals surface area contributed by atoms with Gasteiger partial charge in [0.25, 0.3) is 0 Å². The molecule has 0 radical (unpaired) electrons. The number of hydrogen-bond donors (Lipinski definition) is 0. The maximum atomic E-state index is 13.7. The first kappa shape index (κ1) is 61.0. The molecule has 0 spiro atoms. The first-order chi connectivity index (χ1) is 55.1. The lowest BCUT2D eigenvalue weighted by Crippen LogP contribution is -2.18. The predicted octanol–water partition coefficient (Wildman–Crippen LogP) is 26.6. The molecular formula is C103H62N8. The fraction of sp³-hybridized carbons (Fsp3) is 0. The molecule has 0 atom stereocenters. The van der Waals surface area contributed by atoms with Crippen molar-refractivity contribution in [1.82, 2.24) is 32.0 Å². The van der Waals surface area contributed by atoms with E-state index in [1.54, 1.807) is 0 Å². The van der Waals surface area contributed by atoms with Gasteiger partial charge >= 0.3 is 0 Å². The van der Waals surface area contributed by atoms with Crippen molar-refractivity contribution in [3.8, 4) is 68.1 Å². The van der Waals surface area contributed by atoms with E-state index in [1.165, 1.54) is 21.5 Å². The average Bonchev–Trinajstić information content (AvgIpc) is 1.56. The topological polar surface area (TPSA) is 58.3 Å². The molecule has 0 bridgehead atoms. The standard InChI is InChI=1S/C103H62N8/c104-63-84-99(107-87-49-19-7-33-70(87)71-34-8-20-50-88(71)107)101(110-93-55-25-15-41-78(93)82-61-66(57-59-95(82)110)105-85-47-17-13-39-76(85)80-45-27-43-68(97(80)105)64-29-3-1-4-30-64)103(109-91-53-23-11-37-74(91)75-38-12-24-54-92(75)109)102(100(84)108-89-51-21-9-35-72(89)73-36-10-22-52-90(73)108)111-94-56-26-16-42-79(94)83-62-67(58-60-96(83)111)106-86-48-18-14-40-77(86)81-46-28-44-69(98(81)106)65-31-5-2-6-32-65/h1-62H. The first-order valence-corrected chi connectivity index (χ1v) is 38.0. The summed E-state index contributed by atoms with van der Waals surface area (Å²) in [4.78, 5) is 0. The SMILES string of the molecule is N#Cc1c(-n2c3ccccc3c3ccccc32)c(-n2c3ccccc3c3cc(-n4c5ccccc5c5cccc(-c6ccccc6)c54)ccc32)c(-n2c3ccccc3c3ccccc32)c(-n2c3ccccc3c3cc(-n4c5ccccc5c5cccc(-c6ccccc6)c54)ccc32)c1-n1c2ccccc2c2ccccc21. The predicted molar refractivity (Wildman–Crippen MR) is 462 cm³/mol. The van der Waals surface area contributed by atoms with Crippen LogP contribution < -0.4 is 0 Å². The van der Waals surface area contributed by atoms with Crippen molar-refractivity contribution in [2.75, 3.05) is 0 Å². The Morgan fingerprint density at radius 3 is 0.676 bits per heavy atom. The number of aromatic nitrogens is 7. The van der Waals surface area contributed by atoms with Gasteiger partial charge in [0.1, 0.15) is 11.6 Å². The minimum absolute atomic E-state index is 0.491. The largest absolute Gasteiger partial charge is 0.309 e. The van der Waals surface area contributed by atoms with E-state index >= 15 is 0 Å². The Bertz CT molecular complexity index is 7590. The third kappa shape index (κ3) is 8.46. The second-order valence-electron chi connectivity index (χ2n) is 29.3. The highest BCUT2D eigenvalue weighted by Gasteiger charge is 2.37. The number of nitriles is 1. The molecule has 8 nitrogen and oxygen atoms in total. The Labute approximate surface area is 635 Å². The van der Waals surface area contributed by atoms with Gasteiger partial charge in [0.15, 0.2) is 0 Å². The van der Waals surface area contributed by atoms with Crippen molar-refractivity contribution >= 4 is 153 Å². The van der Waals surface area contributed by atoms with E-state index in [0.717, 1.165) is 193 Å². The van der Waals surface area contributed by atoms with Crippen molar-refractivity contribution in [3.05, 3.63) is 382 Å². The van der Waals surface area contributed by atoms with Crippen LogP contribution in [0.1, 0.15) is 5.56 Å². The van der Waals surface area contributed by atoms with Gasteiger partial charge in [0.05, 0.1) is 106 Å². The van der Waals surface area contributed by atoms with E-state index in [4.69, 9.17) is 0 Å². The molecule has 17 aromatic carbocycles. The van der Waals surface area contributed by atoms with Gasteiger partial charge < -0.3 is 32.0 Å². The molecule has 0 aliphatic heterocycles. The van der Waals surface area contributed by atoms with E-state index in [1.807, 2.05) is 0 Å². The molecule has 0 saturated heterocycles. The van der Waals surface area contributed by atoms with Gasteiger partial charge in [-0.25, -0.2) is 0 Å². The van der Waals surface area contributed by atoms with Gasteiger partial charge in [-0.2, -0.15) is 5.26 Å². The monoisotopic (exact) mass is 1410 g/mol. The van der Waals surface area contributed by atoms with Crippen LogP contribution in [0.15, 0.2) is 376 Å². The molecule has 7 aromatic heterocycles. The number of rotatable bonds is 9. The van der Waals surface area contributed by atoms with Gasteiger partial charge in [0.2, 0.25) is 0 Å². The number of fused-ring (bicyclic) bond motifs is 21. The smallest absolute Gasteiger partial charge is 0.105 e. The first-order valence-electron chi connectivity index (χ1n) is 38.0. The molecule has 24 rings (SSSR count). The van der Waals surface area contributed by atoms with Gasteiger partial charge in [-0.3, -0.25) is 0 Å². The molecule has 7 heterocycles. The van der Waals surface area contributed by atoms with E-state index in [2.05, 4.69) is 414 Å². The fourth-order valence-electron chi connectivity index (χ4n) is 19.3. The zero-order chi connectivity index (χ0) is 72.7. The second-order valence-corrected chi connectivity index (χ2v) is 29.3. The lowest BCUT2D eigenvalue weighted by molar-refractivity contribution is 0.992. The summed E-state index contributed by atoms with van der Waals surface area (Å²) in [7, 11) is 0. The molecule has 24 aromatic rings. The molecular weight excluding hydrogens is 1350 g/mol. The van der Waals surface area contributed by atoms with Crippen LogP contribution in [0.25, 0.3) is 215 Å². The van der Waals surface area contributed by atoms with Crippen molar-refractivity contribution in [2.45, 2.75) is 0 Å². The Kier molecular flexibility index (Phi) is 12.9. The summed E-state index contributed by atoms with van der Waals surface area (Å²) in [5, 5.41) is 29.2. The van der Waals surface area contributed by atoms with Crippen molar-refractivity contribution in [2.24, 2.45) is 0 Å². The molecule has 0 unspecified atom stereocenters. The van der Waals surface area contributed by atoms with E-state index < -0.39 is 0 Å². The quantitative estimate of drug-likeness (QED) is 0.142. The summed E-state index contributed by atoms with van der Waals surface area (Å²) in [5.41, 5.74) is 25.5. The van der Waals surface area contributed by atoms with Crippen LogP contribution in [0, 0.1) is 11.3 Å². The molecule has 0 aliphatic carbocycles. The number of benzene rings is 17. The van der Waals surface area contributed by atoms with Crippen LogP contribution in [-0.4, -0.2) is 32.0 Å². The molecule has 0 fully saturated rings. The van der Waals surface area contributed by atoms with Crippen LogP contribution in [-0.2, 0) is 0 Å². The third-order valence-corrected chi connectivity index (χ3v) is 23.7. The lowest BCUT2D eigenvalue weighted by Gasteiger charge is -2.30. The zero-order valence-electron chi connectivity index (χ0n) is 59.9. The summed E-state index contributed by atoms with van der Waals surface area (Å²) >= 11 is 0. The summed E-state index contributed by atoms with van der Waals surface area (Å²) in [6.07, 6.45) is 0. The fourth-order valence-corrected chi connectivity index (χ4v) is 19.3. The average molecular weight is 1410 g/mol. The molecule has 514 valence electrons. The van der Waals surface area contributed by atoms with Gasteiger partial charge in [0, 0.05) is 97.9 Å². The van der Waals surface area contributed by atoms with Gasteiger partial charge in [-0.15, -0.1) is 0 Å². The van der Waals surface area contributed by atoms with Gasteiger partial charge in [-0.05, 0) is 108 Å². The Hall–Kier alpha value is -15.2. The van der Waals surface area contributed by atoms with Crippen LogP contribution >= 0.6 is 0 Å². The normalized spacial score (nSPS) is 12.1. The molecule has 0 aliphatic rings. The highest BCUT2D eigenvalue weighted by Crippen LogP contribution is 2.53. The van der Waals surface area contributed by atoms with Crippen molar-refractivity contribution in [1.29, 1.82) is 5.26 Å².